The van der Waals surface area contributed by atoms with Gasteiger partial charge in [0.25, 0.3) is 5.91 Å². The van der Waals surface area contributed by atoms with E-state index in [1.165, 1.54) is 0 Å². The Labute approximate surface area is 148 Å². The Morgan fingerprint density at radius 1 is 1.04 bits per heavy atom. The molecule has 0 radical (unpaired) electrons. The number of hydrogen-bond donors (Lipinski definition) is 1. The Balaban J connectivity index is 1.83. The highest BCUT2D eigenvalue weighted by Crippen LogP contribution is 2.17. The molecule has 0 unspecified atom stereocenters. The molecule has 2 aromatic carbocycles. The quantitative estimate of drug-likeness (QED) is 0.739. The van der Waals surface area contributed by atoms with Gasteiger partial charge in [-0.15, -0.1) is 0 Å². The number of rotatable bonds is 8. The van der Waals surface area contributed by atoms with Crippen LogP contribution in [-0.2, 0) is 20.9 Å². The van der Waals surface area contributed by atoms with Gasteiger partial charge in [0.05, 0.1) is 0 Å². The van der Waals surface area contributed by atoms with Crippen LogP contribution in [0.25, 0.3) is 0 Å². The second-order valence-electron chi connectivity index (χ2n) is 5.67. The average Bonchev–Trinajstić information content (AvgIpc) is 2.62. The Morgan fingerprint density at radius 3 is 2.36 bits per heavy atom. The van der Waals surface area contributed by atoms with Crippen molar-refractivity contribution in [3.05, 3.63) is 60.2 Å². The second kappa shape index (κ2) is 9.47. The van der Waals surface area contributed by atoms with Crippen molar-refractivity contribution in [2.24, 2.45) is 0 Å². The third kappa shape index (κ3) is 6.30. The molecule has 0 saturated carbocycles. The Morgan fingerprint density at radius 2 is 1.72 bits per heavy atom. The van der Waals surface area contributed by atoms with E-state index in [0.29, 0.717) is 30.9 Å². The van der Waals surface area contributed by atoms with Gasteiger partial charge in [0.2, 0.25) is 0 Å². The van der Waals surface area contributed by atoms with Gasteiger partial charge in [-0.2, -0.15) is 0 Å². The molecule has 1 N–H and O–H groups in total. The van der Waals surface area contributed by atoms with Crippen LogP contribution < -0.4 is 10.1 Å². The van der Waals surface area contributed by atoms with E-state index >= 15 is 0 Å². The molecular weight excluding hydrogens is 318 g/mol. The standard InChI is InChI=1S/C20H23NO4/c1-3-7-19(22)25-15(2)20(23)21-17-10-12-18(13-11-17)24-14-16-8-5-4-6-9-16/h4-6,8-13,15H,3,7,14H2,1-2H3,(H,21,23)/t15-/m1/s1. The molecule has 132 valence electrons. The van der Waals surface area contributed by atoms with Crippen LogP contribution >= 0.6 is 0 Å². The van der Waals surface area contributed by atoms with Crippen LogP contribution in [0.2, 0.25) is 0 Å². The lowest BCUT2D eigenvalue weighted by atomic mass is 10.2. The zero-order valence-electron chi connectivity index (χ0n) is 14.5. The van der Waals surface area contributed by atoms with E-state index in [0.717, 1.165) is 5.56 Å². The molecule has 2 rings (SSSR count). The number of carbonyl (C=O) groups excluding carboxylic acids is 2. The van der Waals surface area contributed by atoms with Crippen molar-refractivity contribution in [1.82, 2.24) is 0 Å². The molecule has 25 heavy (non-hydrogen) atoms. The lowest BCUT2D eigenvalue weighted by Crippen LogP contribution is -2.29. The summed E-state index contributed by atoms with van der Waals surface area (Å²) in [5.41, 5.74) is 1.71. The summed E-state index contributed by atoms with van der Waals surface area (Å²) >= 11 is 0. The molecule has 0 aliphatic rings. The molecule has 5 nitrogen and oxygen atoms in total. The van der Waals surface area contributed by atoms with Gasteiger partial charge in [-0.3, -0.25) is 9.59 Å². The molecule has 2 aromatic rings. The fraction of sp³-hybridized carbons (Fsp3) is 0.300. The van der Waals surface area contributed by atoms with E-state index < -0.39 is 6.10 Å². The van der Waals surface area contributed by atoms with E-state index in [1.807, 2.05) is 37.3 Å². The van der Waals surface area contributed by atoms with Crippen LogP contribution in [0.1, 0.15) is 32.3 Å². The maximum absolute atomic E-state index is 12.0. The summed E-state index contributed by atoms with van der Waals surface area (Å²) in [6, 6.07) is 16.9. The maximum atomic E-state index is 12.0. The molecule has 0 spiro atoms. The number of carbonyl (C=O) groups is 2. The first-order valence-corrected chi connectivity index (χ1v) is 8.35. The van der Waals surface area contributed by atoms with Crippen LogP contribution in [0.3, 0.4) is 0 Å². The first-order chi connectivity index (χ1) is 12.1. The minimum atomic E-state index is -0.826. The number of anilines is 1. The molecule has 1 atom stereocenters. The van der Waals surface area contributed by atoms with Gasteiger partial charge in [-0.25, -0.2) is 0 Å². The highest BCUT2D eigenvalue weighted by atomic mass is 16.5. The lowest BCUT2D eigenvalue weighted by molar-refractivity contribution is -0.153. The molecule has 0 bridgehead atoms. The van der Waals surface area contributed by atoms with Crippen molar-refractivity contribution in [3.63, 3.8) is 0 Å². The van der Waals surface area contributed by atoms with Crippen molar-refractivity contribution in [1.29, 1.82) is 0 Å². The van der Waals surface area contributed by atoms with Gasteiger partial charge in [-0.1, -0.05) is 37.3 Å². The van der Waals surface area contributed by atoms with Crippen LogP contribution in [-0.4, -0.2) is 18.0 Å². The second-order valence-corrected chi connectivity index (χ2v) is 5.67. The van der Waals surface area contributed by atoms with Gasteiger partial charge in [-0.05, 0) is 43.2 Å². The highest BCUT2D eigenvalue weighted by Gasteiger charge is 2.17. The van der Waals surface area contributed by atoms with Crippen molar-refractivity contribution < 1.29 is 19.1 Å². The number of nitrogens with one attached hydrogen (secondary N) is 1. The van der Waals surface area contributed by atoms with Crippen LogP contribution in [0.15, 0.2) is 54.6 Å². The van der Waals surface area contributed by atoms with Crippen molar-refractivity contribution in [3.8, 4) is 5.75 Å². The first kappa shape index (κ1) is 18.5. The number of amides is 1. The van der Waals surface area contributed by atoms with E-state index in [-0.39, 0.29) is 11.9 Å². The molecular formula is C20H23NO4. The molecule has 0 aliphatic heterocycles. The summed E-state index contributed by atoms with van der Waals surface area (Å²) in [6.07, 6.45) is 0.177. The first-order valence-electron chi connectivity index (χ1n) is 8.35. The SMILES string of the molecule is CCCC(=O)O[C@H](C)C(=O)Nc1ccc(OCc2ccccc2)cc1. The smallest absolute Gasteiger partial charge is 0.306 e. The highest BCUT2D eigenvalue weighted by molar-refractivity contribution is 5.95. The molecule has 1 amide bonds. The Kier molecular flexibility index (Phi) is 7.01. The summed E-state index contributed by atoms with van der Waals surface area (Å²) in [7, 11) is 0. The van der Waals surface area contributed by atoms with Crippen molar-refractivity contribution in [2.45, 2.75) is 39.4 Å². The fourth-order valence-electron chi connectivity index (χ4n) is 2.13. The predicted molar refractivity (Wildman–Crippen MR) is 96.3 cm³/mol. The summed E-state index contributed by atoms with van der Waals surface area (Å²) < 4.78 is 10.8. The molecule has 0 heterocycles. The van der Waals surface area contributed by atoms with Crippen LogP contribution in [0.5, 0.6) is 5.75 Å². The van der Waals surface area contributed by atoms with Crippen molar-refractivity contribution >= 4 is 17.6 Å². The predicted octanol–water partition coefficient (Wildman–Crippen LogP) is 3.94. The Bertz CT molecular complexity index is 683. The van der Waals surface area contributed by atoms with Gasteiger partial charge in [0, 0.05) is 12.1 Å². The molecule has 0 aromatic heterocycles. The molecule has 5 heteroatoms. The number of hydrogen-bond acceptors (Lipinski definition) is 4. The molecule has 0 saturated heterocycles. The fourth-order valence-corrected chi connectivity index (χ4v) is 2.13. The van der Waals surface area contributed by atoms with Gasteiger partial charge in [0.1, 0.15) is 12.4 Å². The summed E-state index contributed by atoms with van der Waals surface area (Å²) in [5.74, 6) is -0.0125. The minimum absolute atomic E-state index is 0.311. The van der Waals surface area contributed by atoms with Gasteiger partial charge < -0.3 is 14.8 Å². The summed E-state index contributed by atoms with van der Waals surface area (Å²) in [4.78, 5) is 23.5. The van der Waals surface area contributed by atoms with E-state index in [2.05, 4.69) is 5.32 Å². The minimum Gasteiger partial charge on any atom is -0.489 e. The average molecular weight is 341 g/mol. The number of benzene rings is 2. The van der Waals surface area contributed by atoms with Crippen LogP contribution in [0.4, 0.5) is 5.69 Å². The zero-order chi connectivity index (χ0) is 18.1. The monoisotopic (exact) mass is 341 g/mol. The van der Waals surface area contributed by atoms with E-state index in [1.54, 1.807) is 31.2 Å². The van der Waals surface area contributed by atoms with Crippen LogP contribution in [0, 0.1) is 0 Å². The number of esters is 1. The Hall–Kier alpha value is -2.82. The van der Waals surface area contributed by atoms with Gasteiger partial charge in [0.15, 0.2) is 6.10 Å². The number of ether oxygens (including phenoxy) is 2. The zero-order valence-corrected chi connectivity index (χ0v) is 14.5. The molecule has 0 aliphatic carbocycles. The summed E-state index contributed by atoms with van der Waals surface area (Å²) in [5, 5.41) is 2.72. The third-order valence-corrected chi connectivity index (χ3v) is 3.50. The lowest BCUT2D eigenvalue weighted by Gasteiger charge is -2.13. The normalized spacial score (nSPS) is 11.4. The van der Waals surface area contributed by atoms with E-state index in [9.17, 15) is 9.59 Å². The largest absolute Gasteiger partial charge is 0.489 e. The van der Waals surface area contributed by atoms with Gasteiger partial charge >= 0.3 is 5.97 Å². The molecule has 0 fully saturated rings. The van der Waals surface area contributed by atoms with Crippen molar-refractivity contribution in [2.75, 3.05) is 5.32 Å². The third-order valence-electron chi connectivity index (χ3n) is 3.50. The maximum Gasteiger partial charge on any atom is 0.306 e. The van der Waals surface area contributed by atoms with E-state index in [4.69, 9.17) is 9.47 Å². The topological polar surface area (TPSA) is 64.6 Å². The summed E-state index contributed by atoms with van der Waals surface area (Å²) in [6.45, 7) is 3.92.